The summed E-state index contributed by atoms with van der Waals surface area (Å²) in [4.78, 5) is 26.3. The number of nitrogens with zero attached hydrogens (tertiary/aromatic N) is 3. The first-order chi connectivity index (χ1) is 11.6. The van der Waals surface area contributed by atoms with E-state index in [1.54, 1.807) is 24.3 Å². The lowest BCUT2D eigenvalue weighted by Gasteiger charge is -2.03. The van der Waals surface area contributed by atoms with E-state index >= 15 is 0 Å². The molecule has 2 aromatic rings. The van der Waals surface area contributed by atoms with E-state index in [4.69, 9.17) is 0 Å². The number of carbonyl (C=O) groups excluding carboxylic acids is 1. The van der Waals surface area contributed by atoms with Crippen molar-refractivity contribution in [3.63, 3.8) is 0 Å². The minimum absolute atomic E-state index is 0.0640. The molecule has 1 N–H and O–H groups in total. The average molecular weight is 324 g/mol. The van der Waals surface area contributed by atoms with Gasteiger partial charge in [-0.2, -0.15) is 4.57 Å². The molecule has 1 aliphatic carbocycles. The monoisotopic (exact) mass is 324 g/mol. The van der Waals surface area contributed by atoms with E-state index in [2.05, 4.69) is 16.9 Å². The van der Waals surface area contributed by atoms with Crippen molar-refractivity contribution in [2.45, 2.75) is 18.9 Å². The van der Waals surface area contributed by atoms with Crippen LogP contribution in [0.3, 0.4) is 0 Å². The minimum atomic E-state index is -0.515. The second-order valence-electron chi connectivity index (χ2n) is 5.49. The maximum Gasteiger partial charge on any atom is 0.347 e. The number of amides is 1. The molecule has 1 aliphatic rings. The fourth-order valence-electron chi connectivity index (χ4n) is 2.22. The quantitative estimate of drug-likeness (QED) is 0.653. The predicted octanol–water partition coefficient (Wildman–Crippen LogP) is 2.95. The van der Waals surface area contributed by atoms with E-state index in [1.807, 2.05) is 12.1 Å². The third-order valence-corrected chi connectivity index (χ3v) is 3.69. The maximum absolute atomic E-state index is 11.9. The SMILES string of the molecule is C=Cn1c([N+](=O)[O-])cnc1/C=C/c1ccc(C(=O)NC2CC2)cc1. The third kappa shape index (κ3) is 3.40. The van der Waals surface area contributed by atoms with Crippen molar-refractivity contribution in [2.75, 3.05) is 0 Å². The van der Waals surface area contributed by atoms with Gasteiger partial charge in [0.25, 0.3) is 5.91 Å². The van der Waals surface area contributed by atoms with Crippen LogP contribution in [0.2, 0.25) is 0 Å². The van der Waals surface area contributed by atoms with Gasteiger partial charge in [0.05, 0.1) is 6.20 Å². The van der Waals surface area contributed by atoms with Gasteiger partial charge in [0.15, 0.2) is 0 Å². The van der Waals surface area contributed by atoms with Crippen molar-refractivity contribution in [3.05, 3.63) is 64.1 Å². The lowest BCUT2D eigenvalue weighted by Crippen LogP contribution is -2.25. The molecule has 0 unspecified atom stereocenters. The highest BCUT2D eigenvalue weighted by Crippen LogP contribution is 2.20. The number of nitrogens with one attached hydrogen (secondary N) is 1. The summed E-state index contributed by atoms with van der Waals surface area (Å²) in [7, 11) is 0. The van der Waals surface area contributed by atoms with Gasteiger partial charge in [-0.15, -0.1) is 0 Å². The molecule has 7 heteroatoms. The van der Waals surface area contributed by atoms with Crippen molar-refractivity contribution in [1.29, 1.82) is 0 Å². The number of aromatic nitrogens is 2. The van der Waals surface area contributed by atoms with Gasteiger partial charge in [0, 0.05) is 17.7 Å². The van der Waals surface area contributed by atoms with E-state index in [9.17, 15) is 14.9 Å². The molecule has 7 nitrogen and oxygen atoms in total. The van der Waals surface area contributed by atoms with Crippen LogP contribution in [0.5, 0.6) is 0 Å². The van der Waals surface area contributed by atoms with E-state index < -0.39 is 4.92 Å². The highest BCUT2D eigenvalue weighted by Gasteiger charge is 2.23. The summed E-state index contributed by atoms with van der Waals surface area (Å²) in [6.07, 6.45) is 8.06. The second kappa shape index (κ2) is 6.49. The highest BCUT2D eigenvalue weighted by atomic mass is 16.6. The first-order valence-corrected chi connectivity index (χ1v) is 7.51. The zero-order valence-electron chi connectivity index (χ0n) is 12.9. The summed E-state index contributed by atoms with van der Waals surface area (Å²) in [5, 5.41) is 13.8. The molecule has 1 amide bonds. The van der Waals surface area contributed by atoms with Gasteiger partial charge in [-0.25, -0.2) is 4.98 Å². The molecule has 1 aromatic heterocycles. The third-order valence-electron chi connectivity index (χ3n) is 3.69. The Morgan fingerprint density at radius 1 is 1.33 bits per heavy atom. The fraction of sp³-hybridized carbons (Fsp3) is 0.176. The normalized spacial score (nSPS) is 13.8. The maximum atomic E-state index is 11.9. The lowest BCUT2D eigenvalue weighted by atomic mass is 10.1. The van der Waals surface area contributed by atoms with E-state index in [0.717, 1.165) is 18.4 Å². The number of hydrogen-bond acceptors (Lipinski definition) is 4. The van der Waals surface area contributed by atoms with Crippen LogP contribution in [-0.4, -0.2) is 26.4 Å². The number of imidazole rings is 1. The first-order valence-electron chi connectivity index (χ1n) is 7.51. The Balaban J connectivity index is 1.73. The molecule has 0 aliphatic heterocycles. The Morgan fingerprint density at radius 3 is 2.62 bits per heavy atom. The van der Waals surface area contributed by atoms with Crippen LogP contribution in [0.25, 0.3) is 18.4 Å². The van der Waals surface area contributed by atoms with Gasteiger partial charge in [0.1, 0.15) is 6.20 Å². The van der Waals surface area contributed by atoms with Crippen molar-refractivity contribution in [2.24, 2.45) is 0 Å². The van der Waals surface area contributed by atoms with Crippen LogP contribution < -0.4 is 5.32 Å². The molecule has 1 aromatic carbocycles. The van der Waals surface area contributed by atoms with E-state index in [-0.39, 0.29) is 11.7 Å². The van der Waals surface area contributed by atoms with Gasteiger partial charge in [-0.3, -0.25) is 4.79 Å². The number of benzene rings is 1. The summed E-state index contributed by atoms with van der Waals surface area (Å²) in [6.45, 7) is 3.56. The molecule has 3 rings (SSSR count). The number of nitro groups is 1. The van der Waals surface area contributed by atoms with Crippen LogP contribution in [0.1, 0.15) is 34.6 Å². The Morgan fingerprint density at radius 2 is 2.04 bits per heavy atom. The zero-order chi connectivity index (χ0) is 17.1. The molecule has 1 fully saturated rings. The molecule has 0 spiro atoms. The smallest absolute Gasteiger partial charge is 0.347 e. The molecule has 0 bridgehead atoms. The van der Waals surface area contributed by atoms with Crippen molar-refractivity contribution >= 4 is 30.1 Å². The van der Waals surface area contributed by atoms with Crippen molar-refractivity contribution in [3.8, 4) is 0 Å². The number of rotatable bonds is 6. The molecular weight excluding hydrogens is 308 g/mol. The molecule has 0 saturated heterocycles. The van der Waals surface area contributed by atoms with E-state index in [0.29, 0.717) is 17.4 Å². The number of hydrogen-bond donors (Lipinski definition) is 1. The van der Waals surface area contributed by atoms with Crippen molar-refractivity contribution < 1.29 is 9.72 Å². The molecule has 122 valence electrons. The van der Waals surface area contributed by atoms with Crippen molar-refractivity contribution in [1.82, 2.24) is 14.9 Å². The summed E-state index contributed by atoms with van der Waals surface area (Å²) < 4.78 is 1.30. The Hall–Kier alpha value is -3.22. The second-order valence-corrected chi connectivity index (χ2v) is 5.49. The summed E-state index contributed by atoms with van der Waals surface area (Å²) in [5.74, 6) is 0.204. The predicted molar refractivity (Wildman–Crippen MR) is 91.1 cm³/mol. The highest BCUT2D eigenvalue weighted by molar-refractivity contribution is 5.94. The molecule has 0 atom stereocenters. The van der Waals surface area contributed by atoms with Crippen LogP contribution in [0.15, 0.2) is 37.0 Å². The standard InChI is InChI=1S/C17H16N4O3/c1-2-20-15(18-11-16(20)21(23)24)10-5-12-3-6-13(7-4-12)17(22)19-14-8-9-14/h2-7,10-11,14H,1,8-9H2,(H,19,22)/b10-5+. The Bertz CT molecular complexity index is 817. The molecule has 0 radical (unpaired) electrons. The molecule has 1 heterocycles. The van der Waals surface area contributed by atoms with E-state index in [1.165, 1.54) is 17.0 Å². The van der Waals surface area contributed by atoms with Gasteiger partial charge < -0.3 is 15.4 Å². The van der Waals surface area contributed by atoms with Gasteiger partial charge >= 0.3 is 5.82 Å². The van der Waals surface area contributed by atoms with Crippen LogP contribution in [0, 0.1) is 10.1 Å². The fourth-order valence-corrected chi connectivity index (χ4v) is 2.22. The Labute approximate surface area is 138 Å². The van der Waals surface area contributed by atoms with Crippen LogP contribution in [-0.2, 0) is 0 Å². The zero-order valence-corrected chi connectivity index (χ0v) is 12.9. The Kier molecular flexibility index (Phi) is 4.24. The first kappa shape index (κ1) is 15.7. The van der Waals surface area contributed by atoms with Gasteiger partial charge in [-0.1, -0.05) is 18.7 Å². The van der Waals surface area contributed by atoms with Crippen LogP contribution >= 0.6 is 0 Å². The molecular formula is C17H16N4O3. The average Bonchev–Trinajstić information content (AvgIpc) is 3.29. The molecule has 24 heavy (non-hydrogen) atoms. The number of carbonyl (C=O) groups is 1. The van der Waals surface area contributed by atoms with Gasteiger partial charge in [-0.05, 0) is 41.5 Å². The summed E-state index contributed by atoms with van der Waals surface area (Å²) >= 11 is 0. The lowest BCUT2D eigenvalue weighted by molar-refractivity contribution is -0.390. The summed E-state index contributed by atoms with van der Waals surface area (Å²) in [6, 6.07) is 7.45. The molecule has 1 saturated carbocycles. The van der Waals surface area contributed by atoms with Gasteiger partial charge in [0.2, 0.25) is 5.82 Å². The summed E-state index contributed by atoms with van der Waals surface area (Å²) in [5.41, 5.74) is 1.47. The largest absolute Gasteiger partial charge is 0.358 e. The minimum Gasteiger partial charge on any atom is -0.358 e. The topological polar surface area (TPSA) is 90.1 Å². The van der Waals surface area contributed by atoms with Crippen LogP contribution in [0.4, 0.5) is 5.82 Å².